The van der Waals surface area contributed by atoms with E-state index in [1.807, 2.05) is 73.6 Å². The third-order valence-corrected chi connectivity index (χ3v) is 7.22. The second-order valence-corrected chi connectivity index (χ2v) is 9.64. The van der Waals surface area contributed by atoms with Crippen LogP contribution in [0.25, 0.3) is 10.8 Å². The number of nitrogens with zero attached hydrogens (tertiary/aromatic N) is 2. The topological polar surface area (TPSA) is 49.9 Å². The van der Waals surface area contributed by atoms with Gasteiger partial charge in [-0.3, -0.25) is 4.31 Å². The Balaban J connectivity index is 1.77. The minimum Gasteiger partial charge on any atom is -0.497 e. The number of hydrogen-bond acceptors (Lipinski definition) is 4. The van der Waals surface area contributed by atoms with E-state index in [-0.39, 0.29) is 11.4 Å². The van der Waals surface area contributed by atoms with Gasteiger partial charge in [0.2, 0.25) is 0 Å². The van der Waals surface area contributed by atoms with Crippen LogP contribution in [-0.4, -0.2) is 29.6 Å². The Kier molecular flexibility index (Phi) is 6.06. The van der Waals surface area contributed by atoms with E-state index < -0.39 is 10.0 Å². The van der Waals surface area contributed by atoms with Gasteiger partial charge in [-0.1, -0.05) is 42.5 Å². The molecule has 0 unspecified atom stereocenters. The van der Waals surface area contributed by atoms with Gasteiger partial charge < -0.3 is 9.64 Å². The van der Waals surface area contributed by atoms with E-state index in [9.17, 15) is 8.42 Å². The van der Waals surface area contributed by atoms with Crippen LogP contribution in [-0.2, 0) is 16.6 Å². The van der Waals surface area contributed by atoms with E-state index in [0.717, 1.165) is 22.0 Å². The zero-order valence-corrected chi connectivity index (χ0v) is 19.2. The molecule has 4 aromatic rings. The molecule has 4 aromatic carbocycles. The highest BCUT2D eigenvalue weighted by atomic mass is 32.2. The maximum atomic E-state index is 13.8. The summed E-state index contributed by atoms with van der Waals surface area (Å²) in [6.07, 6.45) is 0. The molecule has 0 aromatic heterocycles. The fraction of sp³-hybridized carbons (Fsp3) is 0.154. The van der Waals surface area contributed by atoms with Gasteiger partial charge >= 0.3 is 0 Å². The lowest BCUT2D eigenvalue weighted by molar-refractivity contribution is 0.415. The number of fused-ring (bicyclic) bond motifs is 1. The van der Waals surface area contributed by atoms with Crippen molar-refractivity contribution in [3.63, 3.8) is 0 Å². The van der Waals surface area contributed by atoms with Gasteiger partial charge in [-0.05, 0) is 64.9 Å². The maximum Gasteiger partial charge on any atom is 0.264 e. The Labute approximate surface area is 189 Å². The van der Waals surface area contributed by atoms with Gasteiger partial charge in [-0.25, -0.2) is 8.42 Å². The van der Waals surface area contributed by atoms with Crippen molar-refractivity contribution in [2.75, 3.05) is 30.4 Å². The first-order chi connectivity index (χ1) is 15.4. The number of rotatable bonds is 7. The molecular weight excluding hydrogens is 420 g/mol. The first kappa shape index (κ1) is 21.7. The van der Waals surface area contributed by atoms with Crippen LogP contribution in [0.4, 0.5) is 11.4 Å². The molecular formula is C26H26N2O3S. The molecule has 4 rings (SSSR count). The Morgan fingerprint density at radius 2 is 1.38 bits per heavy atom. The standard InChI is InChI=1S/C26H26N2O3S/c1-27(2)23-11-8-20(9-12-23)19-28(24-13-15-25(31-3)16-14-24)32(29,30)26-17-10-21-6-4-5-7-22(21)18-26/h4-18H,19H2,1-3H3. The molecule has 0 saturated heterocycles. The monoisotopic (exact) mass is 446 g/mol. The molecule has 0 N–H and O–H groups in total. The van der Waals surface area contributed by atoms with Crippen LogP contribution < -0.4 is 13.9 Å². The van der Waals surface area contributed by atoms with Crippen LogP contribution >= 0.6 is 0 Å². The molecule has 0 amide bonds. The van der Waals surface area contributed by atoms with Gasteiger partial charge in [0.15, 0.2) is 0 Å². The van der Waals surface area contributed by atoms with Crippen LogP contribution in [0.1, 0.15) is 5.56 Å². The van der Waals surface area contributed by atoms with Crippen LogP contribution in [0.5, 0.6) is 5.75 Å². The SMILES string of the molecule is COc1ccc(N(Cc2ccc(N(C)C)cc2)S(=O)(=O)c2ccc3ccccc3c2)cc1. The first-order valence-corrected chi connectivity index (χ1v) is 11.7. The minimum atomic E-state index is -3.81. The van der Waals surface area contributed by atoms with Crippen LogP contribution in [0.2, 0.25) is 0 Å². The van der Waals surface area contributed by atoms with Crippen molar-refractivity contribution in [3.8, 4) is 5.75 Å². The van der Waals surface area contributed by atoms with Crippen LogP contribution in [0.3, 0.4) is 0 Å². The molecule has 0 radical (unpaired) electrons. The molecule has 0 aliphatic rings. The van der Waals surface area contributed by atoms with E-state index in [1.165, 1.54) is 4.31 Å². The Bertz CT molecular complexity index is 1320. The fourth-order valence-corrected chi connectivity index (χ4v) is 5.07. The van der Waals surface area contributed by atoms with Crippen molar-refractivity contribution >= 4 is 32.2 Å². The summed E-state index contributed by atoms with van der Waals surface area (Å²) in [7, 11) is 1.73. The maximum absolute atomic E-state index is 13.8. The van der Waals surface area contributed by atoms with Crippen molar-refractivity contribution in [1.82, 2.24) is 0 Å². The molecule has 0 atom stereocenters. The van der Waals surface area contributed by atoms with Crippen LogP contribution in [0, 0.1) is 0 Å². The van der Waals surface area contributed by atoms with E-state index in [0.29, 0.717) is 11.4 Å². The van der Waals surface area contributed by atoms with E-state index >= 15 is 0 Å². The van der Waals surface area contributed by atoms with Crippen LogP contribution in [0.15, 0.2) is 95.9 Å². The van der Waals surface area contributed by atoms with Crippen molar-refractivity contribution in [3.05, 3.63) is 96.6 Å². The summed E-state index contributed by atoms with van der Waals surface area (Å²) in [5.41, 5.74) is 2.54. The highest BCUT2D eigenvalue weighted by molar-refractivity contribution is 7.92. The van der Waals surface area contributed by atoms with Crippen molar-refractivity contribution in [2.45, 2.75) is 11.4 Å². The summed E-state index contributed by atoms with van der Waals surface area (Å²) < 4.78 is 34.3. The second kappa shape index (κ2) is 8.93. The smallest absolute Gasteiger partial charge is 0.264 e. The van der Waals surface area contributed by atoms with E-state index in [4.69, 9.17) is 4.74 Å². The molecule has 0 aliphatic carbocycles. The average molecular weight is 447 g/mol. The molecule has 0 aliphatic heterocycles. The molecule has 0 bridgehead atoms. The van der Waals surface area contributed by atoms with Crippen molar-refractivity contribution < 1.29 is 13.2 Å². The summed E-state index contributed by atoms with van der Waals surface area (Å²) in [6, 6.07) is 28.0. The highest BCUT2D eigenvalue weighted by Gasteiger charge is 2.25. The minimum absolute atomic E-state index is 0.217. The second-order valence-electron chi connectivity index (χ2n) is 7.78. The van der Waals surface area contributed by atoms with E-state index in [1.54, 1.807) is 43.5 Å². The van der Waals surface area contributed by atoms with Gasteiger partial charge in [-0.2, -0.15) is 0 Å². The van der Waals surface area contributed by atoms with Gasteiger partial charge in [0, 0.05) is 19.8 Å². The lowest BCUT2D eigenvalue weighted by atomic mass is 10.1. The zero-order chi connectivity index (χ0) is 22.7. The van der Waals surface area contributed by atoms with Gasteiger partial charge in [0.25, 0.3) is 10.0 Å². The summed E-state index contributed by atoms with van der Waals surface area (Å²) in [5.74, 6) is 0.673. The Morgan fingerprint density at radius 1 is 0.750 bits per heavy atom. The molecule has 6 heteroatoms. The Hall–Kier alpha value is -3.51. The van der Waals surface area contributed by atoms with E-state index in [2.05, 4.69) is 0 Å². The van der Waals surface area contributed by atoms with Gasteiger partial charge in [-0.15, -0.1) is 0 Å². The first-order valence-electron chi connectivity index (χ1n) is 10.3. The summed E-state index contributed by atoms with van der Waals surface area (Å²) >= 11 is 0. The molecule has 5 nitrogen and oxygen atoms in total. The number of hydrogen-bond donors (Lipinski definition) is 0. The highest BCUT2D eigenvalue weighted by Crippen LogP contribution is 2.29. The lowest BCUT2D eigenvalue weighted by Gasteiger charge is -2.25. The molecule has 164 valence electrons. The number of ether oxygens (including phenoxy) is 1. The van der Waals surface area contributed by atoms with Gasteiger partial charge in [0.05, 0.1) is 24.2 Å². The number of sulfonamides is 1. The van der Waals surface area contributed by atoms with Crippen molar-refractivity contribution in [1.29, 1.82) is 0 Å². The van der Waals surface area contributed by atoms with Gasteiger partial charge in [0.1, 0.15) is 5.75 Å². The van der Waals surface area contributed by atoms with Crippen molar-refractivity contribution in [2.24, 2.45) is 0 Å². The molecule has 32 heavy (non-hydrogen) atoms. The largest absolute Gasteiger partial charge is 0.497 e. The number of benzene rings is 4. The third-order valence-electron chi connectivity index (χ3n) is 5.45. The average Bonchev–Trinajstić information content (AvgIpc) is 2.82. The normalized spacial score (nSPS) is 11.3. The third kappa shape index (κ3) is 4.41. The molecule has 0 heterocycles. The Morgan fingerprint density at radius 3 is 2.00 bits per heavy atom. The number of methoxy groups -OCH3 is 1. The summed E-state index contributed by atoms with van der Waals surface area (Å²) in [6.45, 7) is 0.217. The molecule has 0 saturated carbocycles. The summed E-state index contributed by atoms with van der Waals surface area (Å²) in [4.78, 5) is 2.27. The zero-order valence-electron chi connectivity index (χ0n) is 18.4. The lowest BCUT2D eigenvalue weighted by Crippen LogP contribution is -2.30. The predicted octanol–water partition coefficient (Wildman–Crippen LogP) is 5.31. The summed E-state index contributed by atoms with van der Waals surface area (Å²) in [5, 5.41) is 1.89. The fourth-order valence-electron chi connectivity index (χ4n) is 3.58. The molecule has 0 spiro atoms. The number of anilines is 2. The predicted molar refractivity (Wildman–Crippen MR) is 131 cm³/mol. The molecule has 0 fully saturated rings. The quantitative estimate of drug-likeness (QED) is 0.386.